The average Bonchev–Trinajstić information content (AvgIpc) is 2.67. The van der Waals surface area contributed by atoms with Gasteiger partial charge >= 0.3 is 0 Å². The van der Waals surface area contributed by atoms with Gasteiger partial charge in [-0.3, -0.25) is 4.79 Å². The molecule has 0 spiro atoms. The first-order valence-corrected chi connectivity index (χ1v) is 8.15. The highest BCUT2D eigenvalue weighted by Gasteiger charge is 2.04. The van der Waals surface area contributed by atoms with Gasteiger partial charge in [-0.1, -0.05) is 54.6 Å². The van der Waals surface area contributed by atoms with Crippen LogP contribution in [0.15, 0.2) is 83.9 Å². The van der Waals surface area contributed by atoms with E-state index in [-0.39, 0.29) is 5.91 Å². The van der Waals surface area contributed by atoms with E-state index in [0.29, 0.717) is 5.56 Å². The predicted octanol–water partition coefficient (Wildman–Crippen LogP) is 4.68. The molecule has 0 atom stereocenters. The van der Waals surface area contributed by atoms with Crippen LogP contribution in [0.5, 0.6) is 0 Å². The summed E-state index contributed by atoms with van der Waals surface area (Å²) < 4.78 is 0. The number of hydrogen-bond acceptors (Lipinski definition) is 2. The summed E-state index contributed by atoms with van der Waals surface area (Å²) in [6.07, 6.45) is 1.61. The lowest BCUT2D eigenvalue weighted by Gasteiger charge is -2.11. The quantitative estimate of drug-likeness (QED) is 0.652. The first-order chi connectivity index (χ1) is 12.1. The van der Waals surface area contributed by atoms with Crippen molar-refractivity contribution in [3.8, 4) is 11.1 Å². The smallest absolute Gasteiger partial charge is 0.276 e. The third-order valence-corrected chi connectivity index (χ3v) is 3.98. The van der Waals surface area contributed by atoms with Gasteiger partial charge in [-0.05, 0) is 41.0 Å². The maximum Gasteiger partial charge on any atom is 0.276 e. The van der Waals surface area contributed by atoms with Crippen molar-refractivity contribution in [1.29, 1.82) is 0 Å². The van der Waals surface area contributed by atoms with Crippen molar-refractivity contribution in [2.24, 2.45) is 4.99 Å². The molecule has 0 aliphatic heterocycles. The van der Waals surface area contributed by atoms with Crippen LogP contribution in [0, 0.1) is 0 Å². The molecule has 0 radical (unpaired) electrons. The molecule has 0 bridgehead atoms. The van der Waals surface area contributed by atoms with Crippen LogP contribution in [-0.4, -0.2) is 26.2 Å². The molecule has 0 saturated heterocycles. The Morgan fingerprint density at radius 2 is 1.40 bits per heavy atom. The summed E-state index contributed by atoms with van der Waals surface area (Å²) in [5.74, 6) is -0.238. The topological polar surface area (TPSA) is 32.7 Å². The van der Waals surface area contributed by atoms with Gasteiger partial charge < -0.3 is 4.90 Å². The second-order valence-corrected chi connectivity index (χ2v) is 5.99. The Balaban J connectivity index is 1.70. The van der Waals surface area contributed by atoms with E-state index in [1.807, 2.05) is 73.6 Å². The van der Waals surface area contributed by atoms with Crippen LogP contribution in [0.25, 0.3) is 11.1 Å². The molecule has 0 heterocycles. The van der Waals surface area contributed by atoms with E-state index in [4.69, 9.17) is 0 Å². The van der Waals surface area contributed by atoms with Crippen LogP contribution in [0.1, 0.15) is 15.9 Å². The van der Waals surface area contributed by atoms with Crippen LogP contribution in [0.4, 0.5) is 5.69 Å². The zero-order valence-electron chi connectivity index (χ0n) is 14.4. The zero-order valence-corrected chi connectivity index (χ0v) is 14.4. The van der Waals surface area contributed by atoms with Crippen LogP contribution >= 0.6 is 0 Å². The van der Waals surface area contributed by atoms with Gasteiger partial charge in [-0.2, -0.15) is 0 Å². The molecule has 3 aromatic carbocycles. The minimum atomic E-state index is -0.238. The van der Waals surface area contributed by atoms with Crippen LogP contribution in [-0.2, 0) is 0 Å². The largest absolute Gasteiger partial charge is 0.378 e. The molecule has 25 heavy (non-hydrogen) atoms. The third-order valence-electron chi connectivity index (χ3n) is 3.98. The normalized spacial score (nSPS) is 10.8. The van der Waals surface area contributed by atoms with E-state index in [0.717, 1.165) is 16.8 Å². The first-order valence-electron chi connectivity index (χ1n) is 8.15. The van der Waals surface area contributed by atoms with Crippen molar-refractivity contribution in [2.45, 2.75) is 0 Å². The predicted molar refractivity (Wildman–Crippen MR) is 105 cm³/mol. The molecule has 0 unspecified atom stereocenters. The van der Waals surface area contributed by atoms with E-state index in [9.17, 15) is 4.79 Å². The number of carbonyl (C=O) groups is 1. The Morgan fingerprint density at radius 1 is 0.800 bits per heavy atom. The Labute approximate surface area is 148 Å². The summed E-state index contributed by atoms with van der Waals surface area (Å²) >= 11 is 0. The zero-order chi connectivity index (χ0) is 17.6. The summed E-state index contributed by atoms with van der Waals surface area (Å²) in [4.78, 5) is 18.2. The molecule has 0 N–H and O–H groups in total. The van der Waals surface area contributed by atoms with Crippen LogP contribution < -0.4 is 4.90 Å². The van der Waals surface area contributed by atoms with Crippen molar-refractivity contribution < 1.29 is 4.79 Å². The van der Waals surface area contributed by atoms with Crippen molar-refractivity contribution in [3.05, 3.63) is 90.0 Å². The Morgan fingerprint density at radius 3 is 2.00 bits per heavy atom. The number of amides is 1. The van der Waals surface area contributed by atoms with Crippen LogP contribution in [0.2, 0.25) is 0 Å². The van der Waals surface area contributed by atoms with Gasteiger partial charge in [-0.15, -0.1) is 0 Å². The summed E-state index contributed by atoms with van der Waals surface area (Å²) in [6, 6.07) is 25.6. The molecule has 3 heteroatoms. The number of nitrogens with zero attached hydrogens (tertiary/aromatic N) is 2. The van der Waals surface area contributed by atoms with E-state index in [1.54, 1.807) is 18.3 Å². The fourth-order valence-electron chi connectivity index (χ4n) is 2.50. The summed E-state index contributed by atoms with van der Waals surface area (Å²) in [6.45, 7) is 0. The average molecular weight is 328 g/mol. The number of hydrogen-bond donors (Lipinski definition) is 0. The molecule has 1 amide bonds. The molecule has 3 rings (SSSR count). The molecular formula is C22H20N2O. The molecule has 0 fully saturated rings. The highest BCUT2D eigenvalue weighted by molar-refractivity contribution is 6.01. The molecule has 3 nitrogen and oxygen atoms in total. The maximum absolute atomic E-state index is 12.2. The molecule has 0 aliphatic carbocycles. The van der Waals surface area contributed by atoms with Crippen molar-refractivity contribution in [1.82, 2.24) is 0 Å². The Bertz CT molecular complexity index is 864. The molecular weight excluding hydrogens is 308 g/mol. The fourth-order valence-corrected chi connectivity index (χ4v) is 2.50. The number of rotatable bonds is 4. The van der Waals surface area contributed by atoms with Gasteiger partial charge in [0, 0.05) is 31.6 Å². The Hall–Kier alpha value is -3.20. The van der Waals surface area contributed by atoms with Gasteiger partial charge in [0.15, 0.2) is 0 Å². The van der Waals surface area contributed by atoms with E-state index < -0.39 is 0 Å². The van der Waals surface area contributed by atoms with Crippen molar-refractivity contribution in [3.63, 3.8) is 0 Å². The molecule has 124 valence electrons. The van der Waals surface area contributed by atoms with Gasteiger partial charge in [0.25, 0.3) is 5.91 Å². The lowest BCUT2D eigenvalue weighted by Crippen LogP contribution is -2.08. The summed E-state index contributed by atoms with van der Waals surface area (Å²) in [5, 5.41) is 0. The van der Waals surface area contributed by atoms with Gasteiger partial charge in [-0.25, -0.2) is 4.99 Å². The standard InChI is InChI=1S/C22H20N2O/c1-24(2)21-14-12-20(13-15-21)22(25)23-16-17-8-10-19(11-9-17)18-6-4-3-5-7-18/h3-16H,1-2H3. The second kappa shape index (κ2) is 7.58. The summed E-state index contributed by atoms with van der Waals surface area (Å²) in [5.41, 5.74) is 4.85. The fraction of sp³-hybridized carbons (Fsp3) is 0.0909. The van der Waals surface area contributed by atoms with E-state index >= 15 is 0 Å². The van der Waals surface area contributed by atoms with Gasteiger partial charge in [0.2, 0.25) is 0 Å². The minimum Gasteiger partial charge on any atom is -0.378 e. The number of aliphatic imine (C=N–C) groups is 1. The van der Waals surface area contributed by atoms with E-state index in [2.05, 4.69) is 17.1 Å². The summed E-state index contributed by atoms with van der Waals surface area (Å²) in [7, 11) is 3.93. The number of benzene rings is 3. The molecule has 0 aliphatic rings. The second-order valence-electron chi connectivity index (χ2n) is 5.99. The number of anilines is 1. The molecule has 0 saturated carbocycles. The first kappa shape index (κ1) is 16.7. The SMILES string of the molecule is CN(C)c1ccc(C(=O)N=Cc2ccc(-c3ccccc3)cc2)cc1. The van der Waals surface area contributed by atoms with E-state index in [1.165, 1.54) is 5.56 Å². The number of carbonyl (C=O) groups excluding carboxylic acids is 1. The highest BCUT2D eigenvalue weighted by Crippen LogP contribution is 2.19. The molecule has 3 aromatic rings. The van der Waals surface area contributed by atoms with Crippen LogP contribution in [0.3, 0.4) is 0 Å². The van der Waals surface area contributed by atoms with Gasteiger partial charge in [0.05, 0.1) is 0 Å². The Kier molecular flexibility index (Phi) is 5.05. The highest BCUT2D eigenvalue weighted by atomic mass is 16.1. The lowest BCUT2D eigenvalue weighted by atomic mass is 10.0. The minimum absolute atomic E-state index is 0.238. The van der Waals surface area contributed by atoms with Gasteiger partial charge in [0.1, 0.15) is 0 Å². The maximum atomic E-state index is 12.2. The molecule has 0 aromatic heterocycles. The van der Waals surface area contributed by atoms with Crippen molar-refractivity contribution >= 4 is 17.8 Å². The lowest BCUT2D eigenvalue weighted by molar-refractivity contribution is 0.100. The third kappa shape index (κ3) is 4.21. The monoisotopic (exact) mass is 328 g/mol. The van der Waals surface area contributed by atoms with Crippen molar-refractivity contribution in [2.75, 3.05) is 19.0 Å².